The standard InChI is InChI=1S/C16H30N4O2/c1-20(2)15(21)12-18-16(17-11-14-9-6-10-22-14)19-13-7-4-3-5-8-13/h13-14H,3-12H2,1-2H3,(H2,17,18,19). The summed E-state index contributed by atoms with van der Waals surface area (Å²) >= 11 is 0. The number of amides is 1. The van der Waals surface area contributed by atoms with Gasteiger partial charge in [0.2, 0.25) is 5.91 Å². The molecule has 0 bridgehead atoms. The van der Waals surface area contributed by atoms with Gasteiger partial charge in [-0.3, -0.25) is 4.79 Å². The zero-order valence-corrected chi connectivity index (χ0v) is 13.9. The summed E-state index contributed by atoms with van der Waals surface area (Å²) in [5.74, 6) is 0.763. The number of nitrogens with one attached hydrogen (secondary N) is 2. The molecular weight excluding hydrogens is 280 g/mol. The molecule has 1 unspecified atom stereocenters. The van der Waals surface area contributed by atoms with Crippen LogP contribution in [0.5, 0.6) is 0 Å². The largest absolute Gasteiger partial charge is 0.376 e. The van der Waals surface area contributed by atoms with Crippen LogP contribution < -0.4 is 10.6 Å². The van der Waals surface area contributed by atoms with Gasteiger partial charge in [-0.1, -0.05) is 19.3 Å². The number of nitrogens with zero attached hydrogens (tertiary/aromatic N) is 2. The van der Waals surface area contributed by atoms with E-state index in [1.165, 1.54) is 32.1 Å². The second kappa shape index (κ2) is 8.98. The van der Waals surface area contributed by atoms with E-state index in [4.69, 9.17) is 4.74 Å². The Bertz CT molecular complexity index is 372. The van der Waals surface area contributed by atoms with E-state index in [1.54, 1.807) is 19.0 Å². The third kappa shape index (κ3) is 5.83. The first-order chi connectivity index (χ1) is 10.6. The number of likely N-dealkylation sites (N-methyl/N-ethyl adjacent to an activating group) is 1. The summed E-state index contributed by atoms with van der Waals surface area (Å²) in [5.41, 5.74) is 0. The minimum atomic E-state index is 0.0156. The van der Waals surface area contributed by atoms with Crippen LogP contribution in [-0.2, 0) is 9.53 Å². The van der Waals surface area contributed by atoms with Gasteiger partial charge in [0.1, 0.15) is 6.54 Å². The molecule has 1 amide bonds. The highest BCUT2D eigenvalue weighted by Gasteiger charge is 2.18. The van der Waals surface area contributed by atoms with Crippen LogP contribution in [0.3, 0.4) is 0 Å². The Morgan fingerprint density at radius 3 is 2.59 bits per heavy atom. The lowest BCUT2D eigenvalue weighted by molar-refractivity contribution is -0.127. The van der Waals surface area contributed by atoms with E-state index < -0.39 is 0 Å². The molecule has 6 nitrogen and oxygen atoms in total. The third-order valence-electron chi connectivity index (χ3n) is 4.34. The van der Waals surface area contributed by atoms with Gasteiger partial charge in [-0.25, -0.2) is 4.99 Å². The predicted octanol–water partition coefficient (Wildman–Crippen LogP) is 1.12. The molecule has 0 aromatic rings. The average Bonchev–Trinajstić information content (AvgIpc) is 3.04. The summed E-state index contributed by atoms with van der Waals surface area (Å²) in [6.07, 6.45) is 8.73. The molecule has 1 aliphatic heterocycles. The topological polar surface area (TPSA) is 66.0 Å². The third-order valence-corrected chi connectivity index (χ3v) is 4.34. The number of guanidine groups is 1. The van der Waals surface area contributed by atoms with Gasteiger partial charge >= 0.3 is 0 Å². The molecule has 1 saturated heterocycles. The zero-order chi connectivity index (χ0) is 15.8. The maximum absolute atomic E-state index is 11.7. The fourth-order valence-corrected chi connectivity index (χ4v) is 2.90. The van der Waals surface area contributed by atoms with Crippen molar-refractivity contribution in [3.05, 3.63) is 0 Å². The lowest BCUT2D eigenvalue weighted by Crippen LogP contribution is -2.46. The summed E-state index contributed by atoms with van der Waals surface area (Å²) in [4.78, 5) is 17.8. The Balaban J connectivity index is 1.86. The second-order valence-corrected chi connectivity index (χ2v) is 6.45. The van der Waals surface area contributed by atoms with E-state index in [1.807, 2.05) is 0 Å². The van der Waals surface area contributed by atoms with Crippen LogP contribution in [0.2, 0.25) is 0 Å². The number of carbonyl (C=O) groups excluding carboxylic acids is 1. The van der Waals surface area contributed by atoms with E-state index in [-0.39, 0.29) is 18.6 Å². The van der Waals surface area contributed by atoms with Crippen LogP contribution in [0, 0.1) is 0 Å². The molecule has 0 spiro atoms. The van der Waals surface area contributed by atoms with Crippen LogP contribution in [0.15, 0.2) is 4.99 Å². The minimum Gasteiger partial charge on any atom is -0.376 e. The first-order valence-electron chi connectivity index (χ1n) is 8.52. The molecule has 1 aliphatic carbocycles. The van der Waals surface area contributed by atoms with E-state index in [0.717, 1.165) is 32.0 Å². The van der Waals surface area contributed by atoms with Gasteiger partial charge in [0.05, 0.1) is 6.10 Å². The van der Waals surface area contributed by atoms with E-state index in [9.17, 15) is 4.79 Å². The molecule has 2 fully saturated rings. The molecule has 0 aromatic carbocycles. The molecular formula is C16H30N4O2. The molecule has 1 saturated carbocycles. The first kappa shape index (κ1) is 17.1. The molecule has 0 radical (unpaired) electrons. The van der Waals surface area contributed by atoms with Gasteiger partial charge in [0.15, 0.2) is 5.96 Å². The van der Waals surface area contributed by atoms with Gasteiger partial charge in [-0.15, -0.1) is 0 Å². The predicted molar refractivity (Wildman–Crippen MR) is 88.0 cm³/mol. The van der Waals surface area contributed by atoms with Crippen molar-refractivity contribution in [1.82, 2.24) is 15.5 Å². The lowest BCUT2D eigenvalue weighted by atomic mass is 9.96. The van der Waals surface area contributed by atoms with Gasteiger partial charge < -0.3 is 20.3 Å². The zero-order valence-electron chi connectivity index (χ0n) is 13.9. The Hall–Kier alpha value is -1.30. The monoisotopic (exact) mass is 310 g/mol. The number of carbonyl (C=O) groups is 1. The summed E-state index contributed by atoms with van der Waals surface area (Å²) in [7, 11) is 3.51. The number of hydrogen-bond donors (Lipinski definition) is 2. The Kier molecular flexibility index (Phi) is 6.96. The lowest BCUT2D eigenvalue weighted by Gasteiger charge is -2.25. The Morgan fingerprint density at radius 2 is 1.95 bits per heavy atom. The molecule has 1 atom stereocenters. The van der Waals surface area contributed by atoms with Crippen molar-refractivity contribution in [3.8, 4) is 0 Å². The molecule has 0 aromatic heterocycles. The van der Waals surface area contributed by atoms with Crippen LogP contribution >= 0.6 is 0 Å². The quantitative estimate of drug-likeness (QED) is 0.590. The number of ether oxygens (including phenoxy) is 1. The van der Waals surface area contributed by atoms with Gasteiger partial charge in [0.25, 0.3) is 0 Å². The average molecular weight is 310 g/mol. The van der Waals surface area contributed by atoms with Crippen molar-refractivity contribution in [2.45, 2.75) is 57.1 Å². The van der Waals surface area contributed by atoms with E-state index in [2.05, 4.69) is 15.6 Å². The van der Waals surface area contributed by atoms with Crippen molar-refractivity contribution in [2.75, 3.05) is 33.8 Å². The van der Waals surface area contributed by atoms with Crippen molar-refractivity contribution in [2.24, 2.45) is 4.99 Å². The highest BCUT2D eigenvalue weighted by molar-refractivity contribution is 5.84. The first-order valence-corrected chi connectivity index (χ1v) is 8.52. The SMILES string of the molecule is CN(C)C(=O)CN=C(NCC1CCCO1)NC1CCCCC1. The number of rotatable bonds is 5. The smallest absolute Gasteiger partial charge is 0.243 e. The molecule has 2 rings (SSSR count). The fourth-order valence-electron chi connectivity index (χ4n) is 2.90. The van der Waals surface area contributed by atoms with E-state index >= 15 is 0 Å². The van der Waals surface area contributed by atoms with E-state index in [0.29, 0.717) is 6.04 Å². The molecule has 126 valence electrons. The van der Waals surface area contributed by atoms with Gasteiger partial charge in [-0.05, 0) is 25.7 Å². The summed E-state index contributed by atoms with van der Waals surface area (Å²) < 4.78 is 5.64. The minimum absolute atomic E-state index is 0.0156. The maximum atomic E-state index is 11.7. The second-order valence-electron chi connectivity index (χ2n) is 6.45. The maximum Gasteiger partial charge on any atom is 0.243 e. The molecule has 2 N–H and O–H groups in total. The molecule has 2 aliphatic rings. The molecule has 1 heterocycles. The number of hydrogen-bond acceptors (Lipinski definition) is 3. The number of aliphatic imine (C=N–C) groups is 1. The van der Waals surface area contributed by atoms with Crippen LogP contribution in [0.1, 0.15) is 44.9 Å². The van der Waals surface area contributed by atoms with Gasteiger partial charge in [-0.2, -0.15) is 0 Å². The van der Waals surface area contributed by atoms with Crippen LogP contribution in [0.25, 0.3) is 0 Å². The Labute approximate surface area is 133 Å². The molecule has 6 heteroatoms. The Morgan fingerprint density at radius 1 is 1.18 bits per heavy atom. The summed E-state index contributed by atoms with van der Waals surface area (Å²) in [6.45, 7) is 1.79. The van der Waals surface area contributed by atoms with Crippen LogP contribution in [-0.4, -0.2) is 62.7 Å². The fraction of sp³-hybridized carbons (Fsp3) is 0.875. The van der Waals surface area contributed by atoms with Crippen molar-refractivity contribution in [3.63, 3.8) is 0 Å². The summed E-state index contributed by atoms with van der Waals surface area (Å²) in [6, 6.07) is 0.471. The van der Waals surface area contributed by atoms with Crippen molar-refractivity contribution < 1.29 is 9.53 Å². The normalized spacial score (nSPS) is 23.4. The highest BCUT2D eigenvalue weighted by atomic mass is 16.5. The van der Waals surface area contributed by atoms with Gasteiger partial charge in [0, 0.05) is 33.3 Å². The molecule has 22 heavy (non-hydrogen) atoms. The van der Waals surface area contributed by atoms with Crippen LogP contribution in [0.4, 0.5) is 0 Å². The van der Waals surface area contributed by atoms with Crippen molar-refractivity contribution in [1.29, 1.82) is 0 Å². The summed E-state index contributed by atoms with van der Waals surface area (Å²) in [5, 5.41) is 6.83. The van der Waals surface area contributed by atoms with Crippen molar-refractivity contribution >= 4 is 11.9 Å². The highest BCUT2D eigenvalue weighted by Crippen LogP contribution is 2.17.